The third kappa shape index (κ3) is 3.67. The monoisotopic (exact) mass is 395 g/mol. The van der Waals surface area contributed by atoms with Crippen LogP contribution >= 0.6 is 23.1 Å². The summed E-state index contributed by atoms with van der Waals surface area (Å²) in [4.78, 5) is 20.4. The molecule has 27 heavy (non-hydrogen) atoms. The number of benzene rings is 1. The van der Waals surface area contributed by atoms with Crippen LogP contribution in [-0.2, 0) is 25.8 Å². The van der Waals surface area contributed by atoms with Gasteiger partial charge in [-0.3, -0.25) is 9.36 Å². The fraction of sp³-hybridized carbons (Fsp3) is 0.381. The molecule has 4 nitrogen and oxygen atoms in total. The van der Waals surface area contributed by atoms with Gasteiger partial charge in [-0.2, -0.15) is 5.26 Å². The van der Waals surface area contributed by atoms with Crippen molar-refractivity contribution in [3.8, 4) is 6.07 Å². The van der Waals surface area contributed by atoms with Crippen LogP contribution in [0.4, 0.5) is 0 Å². The maximum absolute atomic E-state index is 13.4. The number of rotatable bonds is 6. The Morgan fingerprint density at radius 3 is 2.93 bits per heavy atom. The summed E-state index contributed by atoms with van der Waals surface area (Å²) < 4.78 is 1.83. The SMILES string of the molecule is C[C@H](C#N)CSc1nc2sc3c(c2c(=O)n1CCc1ccccc1)CCC3. The van der Waals surface area contributed by atoms with Gasteiger partial charge < -0.3 is 0 Å². The first-order valence-electron chi connectivity index (χ1n) is 9.29. The van der Waals surface area contributed by atoms with E-state index in [-0.39, 0.29) is 11.5 Å². The molecule has 2 aromatic heterocycles. The van der Waals surface area contributed by atoms with Gasteiger partial charge >= 0.3 is 0 Å². The van der Waals surface area contributed by atoms with Crippen LogP contribution in [0.25, 0.3) is 10.2 Å². The smallest absolute Gasteiger partial charge is 0.263 e. The summed E-state index contributed by atoms with van der Waals surface area (Å²) >= 11 is 3.20. The average molecular weight is 396 g/mol. The van der Waals surface area contributed by atoms with Gasteiger partial charge in [0.15, 0.2) is 5.16 Å². The molecule has 3 aromatic rings. The van der Waals surface area contributed by atoms with E-state index in [1.807, 2.05) is 29.7 Å². The predicted molar refractivity (Wildman–Crippen MR) is 112 cm³/mol. The van der Waals surface area contributed by atoms with Gasteiger partial charge in [-0.25, -0.2) is 4.98 Å². The number of thioether (sulfide) groups is 1. The van der Waals surface area contributed by atoms with Crippen molar-refractivity contribution < 1.29 is 0 Å². The largest absolute Gasteiger partial charge is 0.287 e. The van der Waals surface area contributed by atoms with E-state index in [9.17, 15) is 4.79 Å². The minimum atomic E-state index is -0.0708. The van der Waals surface area contributed by atoms with Crippen LogP contribution in [0.1, 0.15) is 29.3 Å². The Kier molecular flexibility index (Phi) is 5.33. The molecule has 0 spiro atoms. The van der Waals surface area contributed by atoms with Gasteiger partial charge in [-0.1, -0.05) is 42.1 Å². The molecular formula is C21H21N3OS2. The highest BCUT2D eigenvalue weighted by Crippen LogP contribution is 2.35. The minimum Gasteiger partial charge on any atom is -0.287 e. The van der Waals surface area contributed by atoms with Crippen molar-refractivity contribution in [1.82, 2.24) is 9.55 Å². The second-order valence-electron chi connectivity index (χ2n) is 6.97. The number of nitrogens with zero attached hydrogens (tertiary/aromatic N) is 3. The fourth-order valence-corrected chi connectivity index (χ4v) is 5.76. The van der Waals surface area contributed by atoms with E-state index in [2.05, 4.69) is 18.2 Å². The maximum atomic E-state index is 13.4. The topological polar surface area (TPSA) is 58.7 Å². The van der Waals surface area contributed by atoms with Crippen LogP contribution in [0.15, 0.2) is 40.3 Å². The molecule has 1 aliphatic carbocycles. The zero-order valence-corrected chi connectivity index (χ0v) is 16.9. The zero-order valence-electron chi connectivity index (χ0n) is 15.3. The number of aromatic nitrogens is 2. The van der Waals surface area contributed by atoms with E-state index in [4.69, 9.17) is 10.2 Å². The maximum Gasteiger partial charge on any atom is 0.263 e. The molecule has 0 radical (unpaired) electrons. The Bertz CT molecular complexity index is 1060. The summed E-state index contributed by atoms with van der Waals surface area (Å²) in [5.41, 5.74) is 2.52. The summed E-state index contributed by atoms with van der Waals surface area (Å²) in [5, 5.41) is 10.7. The van der Waals surface area contributed by atoms with Gasteiger partial charge in [0, 0.05) is 17.2 Å². The number of nitriles is 1. The molecule has 0 aliphatic heterocycles. The average Bonchev–Trinajstić information content (AvgIpc) is 3.27. The third-order valence-corrected chi connectivity index (χ3v) is 7.36. The molecule has 4 rings (SSSR count). The zero-order chi connectivity index (χ0) is 18.8. The van der Waals surface area contributed by atoms with Crippen molar-refractivity contribution >= 4 is 33.3 Å². The molecule has 0 fully saturated rings. The summed E-state index contributed by atoms with van der Waals surface area (Å²) in [5.74, 6) is 0.573. The quantitative estimate of drug-likeness (QED) is 0.457. The van der Waals surface area contributed by atoms with E-state index in [0.29, 0.717) is 12.3 Å². The van der Waals surface area contributed by atoms with Crippen molar-refractivity contribution in [2.75, 3.05) is 5.75 Å². The Morgan fingerprint density at radius 1 is 1.33 bits per heavy atom. The molecule has 0 N–H and O–H groups in total. The van der Waals surface area contributed by atoms with Gasteiger partial charge in [0.1, 0.15) is 4.83 Å². The molecule has 1 aromatic carbocycles. The van der Waals surface area contributed by atoms with E-state index in [0.717, 1.165) is 41.1 Å². The van der Waals surface area contributed by atoms with Crippen LogP contribution in [0.2, 0.25) is 0 Å². The van der Waals surface area contributed by atoms with Gasteiger partial charge in [0.2, 0.25) is 0 Å². The first-order chi connectivity index (χ1) is 13.2. The lowest BCUT2D eigenvalue weighted by atomic mass is 10.1. The molecular weight excluding hydrogens is 374 g/mol. The Balaban J connectivity index is 1.74. The van der Waals surface area contributed by atoms with Crippen LogP contribution in [0.5, 0.6) is 0 Å². The number of fused-ring (bicyclic) bond motifs is 3. The second-order valence-corrected chi connectivity index (χ2v) is 9.04. The molecule has 1 aliphatic rings. The number of aryl methyl sites for hydroxylation is 3. The lowest BCUT2D eigenvalue weighted by molar-refractivity contribution is 0.595. The third-order valence-electron chi connectivity index (χ3n) is 4.94. The molecule has 2 heterocycles. The highest BCUT2D eigenvalue weighted by Gasteiger charge is 2.23. The van der Waals surface area contributed by atoms with Crippen LogP contribution in [-0.4, -0.2) is 15.3 Å². The van der Waals surface area contributed by atoms with E-state index in [1.54, 1.807) is 11.3 Å². The van der Waals surface area contributed by atoms with Crippen molar-refractivity contribution in [3.63, 3.8) is 0 Å². The van der Waals surface area contributed by atoms with Crippen molar-refractivity contribution in [2.24, 2.45) is 5.92 Å². The van der Waals surface area contributed by atoms with E-state index >= 15 is 0 Å². The fourth-order valence-electron chi connectivity index (χ4n) is 3.49. The van der Waals surface area contributed by atoms with Crippen molar-refractivity contribution in [2.45, 2.75) is 44.3 Å². The van der Waals surface area contributed by atoms with E-state index in [1.165, 1.54) is 27.8 Å². The molecule has 6 heteroatoms. The standard InChI is InChI=1S/C21H21N3OS2/c1-14(12-22)13-26-21-23-19-18(16-8-5-9-17(16)27-19)20(25)24(21)11-10-15-6-3-2-4-7-15/h2-4,6-7,14H,5,8-11,13H2,1H3/t14-/m1/s1. The number of hydrogen-bond donors (Lipinski definition) is 0. The highest BCUT2D eigenvalue weighted by atomic mass is 32.2. The predicted octanol–water partition coefficient (Wildman–Crippen LogP) is 4.44. The summed E-state index contributed by atoms with van der Waals surface area (Å²) in [6.07, 6.45) is 3.98. The first-order valence-corrected chi connectivity index (χ1v) is 11.1. The first kappa shape index (κ1) is 18.3. The van der Waals surface area contributed by atoms with Crippen molar-refractivity contribution in [1.29, 1.82) is 5.26 Å². The molecule has 0 saturated heterocycles. The molecule has 0 unspecified atom stereocenters. The second kappa shape index (κ2) is 7.87. The van der Waals surface area contributed by atoms with Gasteiger partial charge in [-0.05, 0) is 43.7 Å². The number of hydrogen-bond acceptors (Lipinski definition) is 5. The normalized spacial score (nSPS) is 14.2. The lowest BCUT2D eigenvalue weighted by Crippen LogP contribution is -2.24. The van der Waals surface area contributed by atoms with Gasteiger partial charge in [0.05, 0.1) is 17.4 Å². The minimum absolute atomic E-state index is 0.0708. The van der Waals surface area contributed by atoms with E-state index < -0.39 is 0 Å². The van der Waals surface area contributed by atoms with Gasteiger partial charge in [-0.15, -0.1) is 11.3 Å². The van der Waals surface area contributed by atoms with Crippen LogP contribution in [0, 0.1) is 17.2 Å². The lowest BCUT2D eigenvalue weighted by Gasteiger charge is -2.13. The molecule has 1 atom stereocenters. The molecule has 0 bridgehead atoms. The molecule has 0 amide bonds. The molecule has 138 valence electrons. The Hall–Kier alpha value is -2.10. The summed E-state index contributed by atoms with van der Waals surface area (Å²) in [6, 6.07) is 12.5. The van der Waals surface area contributed by atoms with Gasteiger partial charge in [0.25, 0.3) is 5.56 Å². The van der Waals surface area contributed by atoms with Crippen LogP contribution in [0.3, 0.4) is 0 Å². The van der Waals surface area contributed by atoms with Crippen LogP contribution < -0.4 is 5.56 Å². The molecule has 0 saturated carbocycles. The summed E-state index contributed by atoms with van der Waals surface area (Å²) in [7, 11) is 0. The Morgan fingerprint density at radius 2 is 2.15 bits per heavy atom. The Labute approximate surface area is 166 Å². The van der Waals surface area contributed by atoms with Crippen molar-refractivity contribution in [3.05, 3.63) is 56.7 Å². The highest BCUT2D eigenvalue weighted by molar-refractivity contribution is 7.99. The summed E-state index contributed by atoms with van der Waals surface area (Å²) in [6.45, 7) is 2.51. The number of thiophene rings is 1.